The van der Waals surface area contributed by atoms with Gasteiger partial charge in [0.15, 0.2) is 0 Å². The molecule has 1 aliphatic carbocycles. The van der Waals surface area contributed by atoms with Gasteiger partial charge in [-0.25, -0.2) is 4.79 Å². The first-order valence-corrected chi connectivity index (χ1v) is 12.1. The molecule has 30 heavy (non-hydrogen) atoms. The molecule has 0 atom stereocenters. The topological polar surface area (TPSA) is 38.8 Å². The summed E-state index contributed by atoms with van der Waals surface area (Å²) in [5.41, 5.74) is 1.06. The van der Waals surface area contributed by atoms with Crippen LogP contribution in [0.5, 0.6) is 0 Å². The molecule has 1 N–H and O–H groups in total. The maximum atomic E-state index is 11.6. The lowest BCUT2D eigenvalue weighted by atomic mass is 9.79. The molecule has 2 amide bonds. The van der Waals surface area contributed by atoms with Gasteiger partial charge >= 0.3 is 6.03 Å². The lowest BCUT2D eigenvalue weighted by Crippen LogP contribution is -2.47. The molecule has 1 aromatic carbocycles. The molecule has 0 aromatic heterocycles. The summed E-state index contributed by atoms with van der Waals surface area (Å²) in [6.45, 7) is 6.18. The molecule has 3 rings (SSSR count). The monoisotopic (exact) mass is 454 g/mol. The van der Waals surface area contributed by atoms with Gasteiger partial charge in [-0.2, -0.15) is 0 Å². The van der Waals surface area contributed by atoms with Crippen LogP contribution >= 0.6 is 23.2 Å². The molecule has 0 radical (unpaired) electrons. The fourth-order valence-electron chi connectivity index (χ4n) is 4.66. The number of nitrogens with one attached hydrogen (secondary N) is 1. The number of carbonyl (C=O) groups is 1. The SMILES string of the molecule is CN(C)C(=O)NCC[C@H]1CC[C@H](CCN2CCN(c3cccc(Cl)c3Cl)CC2)CC1. The fourth-order valence-corrected chi connectivity index (χ4v) is 5.08. The van der Waals surface area contributed by atoms with Crippen molar-refractivity contribution in [3.63, 3.8) is 0 Å². The zero-order valence-corrected chi connectivity index (χ0v) is 19.9. The average molecular weight is 455 g/mol. The van der Waals surface area contributed by atoms with Crippen molar-refractivity contribution in [2.45, 2.75) is 38.5 Å². The van der Waals surface area contributed by atoms with Crippen molar-refractivity contribution in [3.05, 3.63) is 28.2 Å². The van der Waals surface area contributed by atoms with Gasteiger partial charge in [-0.15, -0.1) is 0 Å². The van der Waals surface area contributed by atoms with E-state index in [1.165, 1.54) is 38.6 Å². The van der Waals surface area contributed by atoms with Gasteiger partial charge in [-0.1, -0.05) is 55.0 Å². The molecule has 168 valence electrons. The first-order valence-electron chi connectivity index (χ1n) is 11.3. The smallest absolute Gasteiger partial charge is 0.316 e. The van der Waals surface area contributed by atoms with E-state index in [1.54, 1.807) is 19.0 Å². The Morgan fingerprint density at radius 2 is 1.67 bits per heavy atom. The van der Waals surface area contributed by atoms with Crippen LogP contribution in [0.2, 0.25) is 10.0 Å². The molecule has 0 bridgehead atoms. The molecule has 1 aliphatic heterocycles. The van der Waals surface area contributed by atoms with Crippen molar-refractivity contribution >= 4 is 34.9 Å². The van der Waals surface area contributed by atoms with Gasteiger partial charge in [0.05, 0.1) is 15.7 Å². The quantitative estimate of drug-likeness (QED) is 0.631. The summed E-state index contributed by atoms with van der Waals surface area (Å²) in [4.78, 5) is 18.1. The van der Waals surface area contributed by atoms with Crippen LogP contribution in [0, 0.1) is 11.8 Å². The highest BCUT2D eigenvalue weighted by molar-refractivity contribution is 6.43. The lowest BCUT2D eigenvalue weighted by molar-refractivity contribution is 0.198. The number of anilines is 1. The van der Waals surface area contributed by atoms with Crippen molar-refractivity contribution < 1.29 is 4.79 Å². The Morgan fingerprint density at radius 1 is 1.03 bits per heavy atom. The van der Waals surface area contributed by atoms with Crippen LogP contribution in [-0.2, 0) is 0 Å². The summed E-state index contributed by atoms with van der Waals surface area (Å²) in [5.74, 6) is 1.63. The third-order valence-electron chi connectivity index (χ3n) is 6.70. The standard InChI is InChI=1S/C23H36Cl2N4O/c1-27(2)23(30)26-12-10-18-6-8-19(9-7-18)11-13-28-14-16-29(17-15-28)21-5-3-4-20(24)22(21)25/h3-5,18-19H,6-17H2,1-2H3,(H,26,30)/t18-,19-. The van der Waals surface area contributed by atoms with Crippen molar-refractivity contribution in [3.8, 4) is 0 Å². The number of carbonyl (C=O) groups excluding carboxylic acids is 1. The molecule has 2 fully saturated rings. The molecule has 2 aliphatic rings. The second-order valence-corrected chi connectivity index (χ2v) is 9.78. The Bertz CT molecular complexity index is 684. The first kappa shape index (κ1) is 23.5. The summed E-state index contributed by atoms with van der Waals surface area (Å²) in [5, 5.41) is 4.30. The van der Waals surface area contributed by atoms with Gasteiger partial charge in [0.25, 0.3) is 0 Å². The van der Waals surface area contributed by atoms with E-state index in [9.17, 15) is 4.79 Å². The number of benzene rings is 1. The number of amides is 2. The normalized spacial score (nSPS) is 22.7. The Hall–Kier alpha value is -1.17. The van der Waals surface area contributed by atoms with Gasteiger partial charge in [0.1, 0.15) is 0 Å². The van der Waals surface area contributed by atoms with Crippen LogP contribution in [0.4, 0.5) is 10.5 Å². The van der Waals surface area contributed by atoms with Crippen LogP contribution in [0.3, 0.4) is 0 Å². The van der Waals surface area contributed by atoms with E-state index < -0.39 is 0 Å². The van der Waals surface area contributed by atoms with Gasteiger partial charge in [0.2, 0.25) is 0 Å². The van der Waals surface area contributed by atoms with E-state index in [-0.39, 0.29) is 6.03 Å². The van der Waals surface area contributed by atoms with Crippen LogP contribution < -0.4 is 10.2 Å². The fraction of sp³-hybridized carbons (Fsp3) is 0.696. The number of hydrogen-bond donors (Lipinski definition) is 1. The second-order valence-electron chi connectivity index (χ2n) is 8.99. The Kier molecular flexibility index (Phi) is 8.97. The molecule has 1 saturated carbocycles. The maximum Gasteiger partial charge on any atom is 0.316 e. The maximum absolute atomic E-state index is 11.6. The molecular weight excluding hydrogens is 419 g/mol. The minimum atomic E-state index is 0.0152. The number of piperazine rings is 1. The Morgan fingerprint density at radius 3 is 2.30 bits per heavy atom. The van der Waals surface area contributed by atoms with E-state index in [0.717, 1.165) is 56.7 Å². The van der Waals surface area contributed by atoms with Crippen molar-refractivity contribution in [2.24, 2.45) is 11.8 Å². The van der Waals surface area contributed by atoms with Crippen molar-refractivity contribution in [1.29, 1.82) is 0 Å². The first-order chi connectivity index (χ1) is 14.4. The van der Waals surface area contributed by atoms with Crippen LogP contribution in [0.15, 0.2) is 18.2 Å². The third kappa shape index (κ3) is 6.66. The van der Waals surface area contributed by atoms with E-state index in [0.29, 0.717) is 10.0 Å². The molecule has 7 heteroatoms. The summed E-state index contributed by atoms with van der Waals surface area (Å²) in [6, 6.07) is 5.90. The lowest BCUT2D eigenvalue weighted by Gasteiger charge is -2.37. The number of urea groups is 1. The highest BCUT2D eigenvalue weighted by Crippen LogP contribution is 2.34. The molecule has 1 heterocycles. The predicted molar refractivity (Wildman–Crippen MR) is 127 cm³/mol. The number of rotatable bonds is 7. The highest BCUT2D eigenvalue weighted by Gasteiger charge is 2.24. The molecule has 1 saturated heterocycles. The Balaban J connectivity index is 1.30. The van der Waals surface area contributed by atoms with Crippen LogP contribution in [-0.4, -0.2) is 69.2 Å². The zero-order valence-electron chi connectivity index (χ0n) is 18.4. The van der Waals surface area contributed by atoms with Crippen LogP contribution in [0.1, 0.15) is 38.5 Å². The molecule has 5 nitrogen and oxygen atoms in total. The number of nitrogens with zero attached hydrogens (tertiary/aromatic N) is 3. The van der Waals surface area contributed by atoms with E-state index in [2.05, 4.69) is 21.2 Å². The number of hydrogen-bond acceptors (Lipinski definition) is 3. The van der Waals surface area contributed by atoms with Gasteiger partial charge in [-0.3, -0.25) is 4.90 Å². The summed E-state index contributed by atoms with van der Waals surface area (Å²) < 4.78 is 0. The van der Waals surface area contributed by atoms with E-state index >= 15 is 0 Å². The summed E-state index contributed by atoms with van der Waals surface area (Å²) in [7, 11) is 3.57. The Labute approximate surface area is 191 Å². The van der Waals surface area contributed by atoms with Crippen molar-refractivity contribution in [2.75, 3.05) is 58.3 Å². The molecule has 0 unspecified atom stereocenters. The van der Waals surface area contributed by atoms with Crippen LogP contribution in [0.25, 0.3) is 0 Å². The number of halogens is 2. The summed E-state index contributed by atoms with van der Waals surface area (Å²) in [6.07, 6.45) is 7.71. The molecule has 1 aromatic rings. The average Bonchev–Trinajstić information content (AvgIpc) is 2.75. The minimum absolute atomic E-state index is 0.0152. The zero-order chi connectivity index (χ0) is 21.5. The van der Waals surface area contributed by atoms with Crippen molar-refractivity contribution in [1.82, 2.24) is 15.1 Å². The predicted octanol–water partition coefficient (Wildman–Crippen LogP) is 4.97. The van der Waals surface area contributed by atoms with Gasteiger partial charge in [0, 0.05) is 46.8 Å². The van der Waals surface area contributed by atoms with Gasteiger partial charge in [-0.05, 0) is 43.4 Å². The highest BCUT2D eigenvalue weighted by atomic mass is 35.5. The molecular formula is C23H36Cl2N4O. The van der Waals surface area contributed by atoms with Gasteiger partial charge < -0.3 is 15.1 Å². The van der Waals surface area contributed by atoms with E-state index in [1.807, 2.05) is 12.1 Å². The molecule has 0 spiro atoms. The largest absolute Gasteiger partial charge is 0.368 e. The minimum Gasteiger partial charge on any atom is -0.368 e. The second kappa shape index (κ2) is 11.4. The third-order valence-corrected chi connectivity index (χ3v) is 7.51. The summed E-state index contributed by atoms with van der Waals surface area (Å²) >= 11 is 12.6. The van der Waals surface area contributed by atoms with E-state index in [4.69, 9.17) is 23.2 Å².